The summed E-state index contributed by atoms with van der Waals surface area (Å²) in [5.41, 5.74) is 2.75. The number of nitriles is 1. The Labute approximate surface area is 215 Å². The van der Waals surface area contributed by atoms with Crippen molar-refractivity contribution in [3.8, 4) is 17.6 Å². The molecule has 1 aromatic carbocycles. The number of Topliss-reactive ketones (excluding diaryl/α,β-unsaturated/α-hetero) is 1. The van der Waals surface area contributed by atoms with E-state index in [4.69, 9.17) is 18.6 Å². The van der Waals surface area contributed by atoms with E-state index in [1.807, 2.05) is 36.9 Å². The molecule has 0 saturated carbocycles. The molecule has 0 bridgehead atoms. The summed E-state index contributed by atoms with van der Waals surface area (Å²) in [4.78, 5) is 25.7. The monoisotopic (exact) mass is 507 g/mol. The van der Waals surface area contributed by atoms with Gasteiger partial charge < -0.3 is 18.6 Å². The van der Waals surface area contributed by atoms with Gasteiger partial charge in [-0.2, -0.15) is 5.26 Å². The number of rotatable bonds is 8. The minimum absolute atomic E-state index is 0.0730. The summed E-state index contributed by atoms with van der Waals surface area (Å²) < 4.78 is 23.2. The molecule has 1 fully saturated rings. The van der Waals surface area contributed by atoms with E-state index >= 15 is 0 Å². The SMILES string of the molecule is COc1cc(/C=C/C2(C(C)(C)C(=O)C=C=C3C=C(C#N)C(=O)C(C)(C)C3)OCCO2)ccc1O[SiH2]C. The van der Waals surface area contributed by atoms with Gasteiger partial charge in [0.2, 0.25) is 15.6 Å². The summed E-state index contributed by atoms with van der Waals surface area (Å²) >= 11 is 0. The Bertz CT molecular complexity index is 1200. The van der Waals surface area contributed by atoms with E-state index in [1.165, 1.54) is 12.2 Å². The van der Waals surface area contributed by atoms with Crippen molar-refractivity contribution in [2.45, 2.75) is 46.4 Å². The number of hydrogen-bond donors (Lipinski definition) is 0. The normalized spacial score (nSPS) is 19.2. The van der Waals surface area contributed by atoms with Crippen molar-refractivity contribution in [3.63, 3.8) is 0 Å². The van der Waals surface area contributed by atoms with Gasteiger partial charge >= 0.3 is 0 Å². The average Bonchev–Trinajstić information content (AvgIpc) is 3.34. The Hall–Kier alpha value is -3.21. The first kappa shape index (κ1) is 27.4. The number of nitrogens with zero attached hydrogens (tertiary/aromatic N) is 1. The van der Waals surface area contributed by atoms with Crippen LogP contribution in [0.15, 0.2) is 53.3 Å². The molecule has 1 aliphatic carbocycles. The molecule has 2 aliphatic rings. The molecule has 1 saturated heterocycles. The third kappa shape index (κ3) is 5.45. The van der Waals surface area contributed by atoms with Gasteiger partial charge in [-0.25, -0.2) is 0 Å². The number of carbonyl (C=O) groups excluding carboxylic acids is 2. The van der Waals surface area contributed by atoms with Crippen LogP contribution in [0.3, 0.4) is 0 Å². The molecule has 0 unspecified atom stereocenters. The van der Waals surface area contributed by atoms with Gasteiger partial charge in [0, 0.05) is 11.5 Å². The molecule has 7 nitrogen and oxygen atoms in total. The van der Waals surface area contributed by atoms with E-state index in [0.29, 0.717) is 36.7 Å². The lowest BCUT2D eigenvalue weighted by Gasteiger charge is -2.37. The lowest BCUT2D eigenvalue weighted by Crippen LogP contribution is -2.48. The number of benzene rings is 1. The molecule has 8 heteroatoms. The van der Waals surface area contributed by atoms with Crippen LogP contribution in [0.2, 0.25) is 6.55 Å². The fourth-order valence-electron chi connectivity index (χ4n) is 4.26. The number of ether oxygens (including phenoxy) is 3. The summed E-state index contributed by atoms with van der Waals surface area (Å²) in [5, 5.41) is 9.31. The second-order valence-corrected chi connectivity index (χ2v) is 10.8. The average molecular weight is 508 g/mol. The maximum atomic E-state index is 13.4. The van der Waals surface area contributed by atoms with Crippen LogP contribution in [0, 0.1) is 22.2 Å². The molecular weight excluding hydrogens is 474 g/mol. The van der Waals surface area contributed by atoms with Crippen molar-refractivity contribution < 1.29 is 28.2 Å². The lowest BCUT2D eigenvalue weighted by atomic mass is 9.74. The van der Waals surface area contributed by atoms with Crippen LogP contribution < -0.4 is 9.16 Å². The molecule has 3 rings (SSSR count). The second kappa shape index (κ2) is 10.8. The van der Waals surface area contributed by atoms with Crippen LogP contribution >= 0.6 is 0 Å². The Balaban J connectivity index is 1.92. The summed E-state index contributed by atoms with van der Waals surface area (Å²) in [6.45, 7) is 9.85. The molecular formula is C28H33NO6Si. The summed E-state index contributed by atoms with van der Waals surface area (Å²) in [7, 11) is 0.958. The van der Waals surface area contributed by atoms with E-state index in [2.05, 4.69) is 5.73 Å². The molecule has 190 valence electrons. The quantitative estimate of drug-likeness (QED) is 0.297. The predicted octanol–water partition coefficient (Wildman–Crippen LogP) is 4.09. The number of carbonyl (C=O) groups is 2. The van der Waals surface area contributed by atoms with Gasteiger partial charge in [-0.05, 0) is 62.2 Å². The Morgan fingerprint density at radius 2 is 1.92 bits per heavy atom. The highest BCUT2D eigenvalue weighted by atomic mass is 28.2. The van der Waals surface area contributed by atoms with E-state index < -0.39 is 26.4 Å². The van der Waals surface area contributed by atoms with Gasteiger partial charge in [-0.3, -0.25) is 9.59 Å². The molecule has 0 spiro atoms. The molecule has 1 aliphatic heterocycles. The summed E-state index contributed by atoms with van der Waals surface area (Å²) in [5.74, 6) is -0.384. The molecule has 0 amide bonds. The third-order valence-electron chi connectivity index (χ3n) is 6.51. The van der Waals surface area contributed by atoms with Crippen LogP contribution in [0.25, 0.3) is 6.08 Å². The van der Waals surface area contributed by atoms with E-state index in [-0.39, 0.29) is 17.1 Å². The van der Waals surface area contributed by atoms with Crippen molar-refractivity contribution >= 4 is 27.4 Å². The summed E-state index contributed by atoms with van der Waals surface area (Å²) in [6.07, 6.45) is 6.86. The molecule has 1 aromatic rings. The van der Waals surface area contributed by atoms with Crippen molar-refractivity contribution in [1.82, 2.24) is 0 Å². The van der Waals surface area contributed by atoms with Crippen LogP contribution in [0.4, 0.5) is 0 Å². The Morgan fingerprint density at radius 3 is 2.53 bits per heavy atom. The van der Waals surface area contributed by atoms with Gasteiger partial charge in [0.25, 0.3) is 0 Å². The zero-order valence-corrected chi connectivity index (χ0v) is 23.2. The molecule has 36 heavy (non-hydrogen) atoms. The van der Waals surface area contributed by atoms with Gasteiger partial charge in [-0.15, -0.1) is 5.73 Å². The zero-order chi connectivity index (χ0) is 26.6. The van der Waals surface area contributed by atoms with Gasteiger partial charge in [0.1, 0.15) is 11.8 Å². The molecule has 0 atom stereocenters. The van der Waals surface area contributed by atoms with E-state index in [9.17, 15) is 14.9 Å². The van der Waals surface area contributed by atoms with E-state index in [0.717, 1.165) is 5.56 Å². The van der Waals surface area contributed by atoms with Gasteiger partial charge in [-0.1, -0.05) is 26.0 Å². The van der Waals surface area contributed by atoms with Crippen LogP contribution in [-0.4, -0.2) is 47.4 Å². The fourth-order valence-corrected chi connectivity index (χ4v) is 4.81. The highest BCUT2D eigenvalue weighted by Crippen LogP contribution is 2.42. The molecule has 0 radical (unpaired) electrons. The van der Waals surface area contributed by atoms with Crippen molar-refractivity contribution in [2.75, 3.05) is 20.3 Å². The first-order valence-electron chi connectivity index (χ1n) is 11.9. The summed E-state index contributed by atoms with van der Waals surface area (Å²) in [6, 6.07) is 7.58. The van der Waals surface area contributed by atoms with Gasteiger partial charge in [0.05, 0.1) is 31.3 Å². The maximum absolute atomic E-state index is 13.4. The van der Waals surface area contributed by atoms with Crippen molar-refractivity contribution in [1.29, 1.82) is 5.26 Å². The molecule has 0 aromatic heterocycles. The van der Waals surface area contributed by atoms with E-state index in [1.54, 1.807) is 40.9 Å². The first-order chi connectivity index (χ1) is 17.0. The predicted molar refractivity (Wildman–Crippen MR) is 139 cm³/mol. The Morgan fingerprint density at radius 1 is 1.22 bits per heavy atom. The molecule has 0 N–H and O–H groups in total. The topological polar surface area (TPSA) is 94.9 Å². The van der Waals surface area contributed by atoms with Crippen LogP contribution in [-0.2, 0) is 19.1 Å². The minimum atomic E-state index is -1.28. The van der Waals surface area contributed by atoms with Crippen LogP contribution in [0.1, 0.15) is 39.7 Å². The largest absolute Gasteiger partial charge is 0.547 e. The fraction of sp³-hybridized carbons (Fsp3) is 0.429. The maximum Gasteiger partial charge on any atom is 0.216 e. The zero-order valence-electron chi connectivity index (χ0n) is 21.8. The minimum Gasteiger partial charge on any atom is -0.547 e. The Kier molecular flexibility index (Phi) is 8.22. The standard InChI is InChI=1S/C28H33NO6Si/c1-26(2)17-20(15-21(18-29)25(26)31)8-10-24(30)27(3,4)28(33-13-14-34-28)12-11-19-7-9-22(35-36-6)23(16-19)32-5/h7,9-12,15-16H,13-14,17,36H2,1-6H3/b12-11+. The number of allylic oxidation sites excluding steroid dienone is 3. The smallest absolute Gasteiger partial charge is 0.216 e. The number of methoxy groups -OCH3 is 1. The third-order valence-corrected chi connectivity index (χ3v) is 7.11. The second-order valence-electron chi connectivity index (χ2n) is 9.90. The highest BCUT2D eigenvalue weighted by Gasteiger charge is 2.52. The molecule has 1 heterocycles. The number of ketones is 2. The van der Waals surface area contributed by atoms with Crippen LogP contribution in [0.5, 0.6) is 11.5 Å². The first-order valence-corrected chi connectivity index (χ1v) is 13.9. The number of hydrogen-bond acceptors (Lipinski definition) is 7. The highest BCUT2D eigenvalue weighted by molar-refractivity contribution is 6.26. The van der Waals surface area contributed by atoms with Crippen molar-refractivity contribution in [3.05, 3.63) is 58.9 Å². The van der Waals surface area contributed by atoms with Crippen molar-refractivity contribution in [2.24, 2.45) is 10.8 Å². The lowest BCUT2D eigenvalue weighted by molar-refractivity contribution is -0.191. The van der Waals surface area contributed by atoms with Gasteiger partial charge in [0.15, 0.2) is 17.3 Å².